The number of aromatic hydroxyl groups is 1. The Hall–Kier alpha value is -0.0900. The van der Waals surface area contributed by atoms with Crippen molar-refractivity contribution in [2.24, 2.45) is 0 Å². The van der Waals surface area contributed by atoms with E-state index in [0.29, 0.717) is 15.3 Å². The van der Waals surface area contributed by atoms with Gasteiger partial charge in [-0.25, -0.2) is 0 Å². The molecule has 1 aromatic carbocycles. The maximum absolute atomic E-state index is 9.53. The average molecular weight is 318 g/mol. The molecule has 2 aliphatic rings. The Morgan fingerprint density at radius 1 is 1.16 bits per heavy atom. The van der Waals surface area contributed by atoms with Gasteiger partial charge in [-0.1, -0.05) is 23.2 Å². The minimum atomic E-state index is 0.0551. The summed E-state index contributed by atoms with van der Waals surface area (Å²) in [5, 5.41) is 11.1. The number of hydrogen-bond acceptors (Lipinski definition) is 3. The fourth-order valence-electron chi connectivity index (χ4n) is 3.25. The first kappa shape index (κ1) is 13.9. The molecule has 0 aromatic heterocycles. The van der Waals surface area contributed by atoms with Crippen LogP contribution < -0.4 is 0 Å². The molecule has 0 amide bonds. The number of phenols is 1. The van der Waals surface area contributed by atoms with E-state index in [9.17, 15) is 5.11 Å². The Bertz CT molecular complexity index is 483. The van der Waals surface area contributed by atoms with Crippen molar-refractivity contribution >= 4 is 35.0 Å². The Kier molecular flexibility index (Phi) is 3.91. The summed E-state index contributed by atoms with van der Waals surface area (Å²) < 4.78 is 0. The normalized spacial score (nSPS) is 30.8. The second-order valence-corrected chi connectivity index (χ2v) is 7.65. The van der Waals surface area contributed by atoms with Crippen LogP contribution in [0.2, 0.25) is 10.0 Å². The maximum atomic E-state index is 9.53. The zero-order valence-electron chi connectivity index (χ0n) is 10.8. The van der Waals surface area contributed by atoms with Gasteiger partial charge in [-0.3, -0.25) is 0 Å². The third-order valence-corrected chi connectivity index (χ3v) is 6.39. The molecule has 0 radical (unpaired) electrons. The topological polar surface area (TPSA) is 23.5 Å². The molecule has 2 bridgehead atoms. The van der Waals surface area contributed by atoms with E-state index in [4.69, 9.17) is 23.2 Å². The highest BCUT2D eigenvalue weighted by atomic mass is 35.5. The Morgan fingerprint density at radius 3 is 2.42 bits per heavy atom. The van der Waals surface area contributed by atoms with Crippen LogP contribution in [-0.2, 0) is 0 Å². The molecule has 2 saturated heterocycles. The lowest BCUT2D eigenvalue weighted by atomic mass is 10.0. The molecular weight excluding hydrogens is 301 g/mol. The van der Waals surface area contributed by atoms with E-state index >= 15 is 0 Å². The largest absolute Gasteiger partial charge is 0.506 e. The second-order valence-electron chi connectivity index (χ2n) is 5.50. The van der Waals surface area contributed by atoms with Gasteiger partial charge in [-0.05, 0) is 38.8 Å². The van der Waals surface area contributed by atoms with E-state index in [1.165, 1.54) is 31.7 Å². The zero-order valence-corrected chi connectivity index (χ0v) is 13.1. The van der Waals surface area contributed by atoms with E-state index in [0.717, 1.165) is 17.0 Å². The summed E-state index contributed by atoms with van der Waals surface area (Å²) in [7, 11) is 2.24. The van der Waals surface area contributed by atoms with Crippen molar-refractivity contribution in [2.45, 2.75) is 47.9 Å². The fraction of sp³-hybridized carbons (Fsp3) is 0.571. The average Bonchev–Trinajstić information content (AvgIpc) is 2.60. The molecule has 1 N–H and O–H groups in total. The van der Waals surface area contributed by atoms with Gasteiger partial charge in [0, 0.05) is 28.3 Å². The highest BCUT2D eigenvalue weighted by Gasteiger charge is 2.38. The third-order valence-electron chi connectivity index (χ3n) is 4.35. The van der Waals surface area contributed by atoms with Crippen molar-refractivity contribution in [2.75, 3.05) is 7.05 Å². The smallest absolute Gasteiger partial charge is 0.135 e. The number of hydrogen-bond donors (Lipinski definition) is 1. The van der Waals surface area contributed by atoms with Crippen LogP contribution in [0.5, 0.6) is 5.75 Å². The van der Waals surface area contributed by atoms with Crippen LogP contribution in [0.15, 0.2) is 17.0 Å². The predicted molar refractivity (Wildman–Crippen MR) is 81.6 cm³/mol. The quantitative estimate of drug-likeness (QED) is 0.873. The summed E-state index contributed by atoms with van der Waals surface area (Å²) in [5.41, 5.74) is 0. The summed E-state index contributed by atoms with van der Waals surface area (Å²) in [6.45, 7) is 0. The fourth-order valence-corrected chi connectivity index (χ4v) is 5.12. The van der Waals surface area contributed by atoms with Crippen molar-refractivity contribution in [3.8, 4) is 5.75 Å². The van der Waals surface area contributed by atoms with Gasteiger partial charge >= 0.3 is 0 Å². The molecular formula is C14H17Cl2NOS. The molecule has 0 aliphatic carbocycles. The first-order chi connectivity index (χ1) is 9.04. The van der Waals surface area contributed by atoms with Gasteiger partial charge in [0.25, 0.3) is 0 Å². The van der Waals surface area contributed by atoms with Crippen LogP contribution in [0, 0.1) is 0 Å². The summed E-state index contributed by atoms with van der Waals surface area (Å²) in [4.78, 5) is 3.51. The van der Waals surface area contributed by atoms with Crippen LogP contribution in [-0.4, -0.2) is 34.4 Å². The van der Waals surface area contributed by atoms with Gasteiger partial charge in [0.1, 0.15) is 5.75 Å². The molecule has 2 nitrogen and oxygen atoms in total. The molecule has 2 aliphatic heterocycles. The van der Waals surface area contributed by atoms with Crippen molar-refractivity contribution < 1.29 is 5.11 Å². The van der Waals surface area contributed by atoms with Crippen molar-refractivity contribution in [1.29, 1.82) is 0 Å². The number of piperidine rings is 1. The third kappa shape index (κ3) is 2.71. The number of rotatable bonds is 2. The summed E-state index contributed by atoms with van der Waals surface area (Å²) in [6.07, 6.45) is 5.07. The lowest BCUT2D eigenvalue weighted by Crippen LogP contribution is -2.40. The molecule has 2 fully saturated rings. The minimum absolute atomic E-state index is 0.0551. The highest BCUT2D eigenvalue weighted by Crippen LogP contribution is 2.44. The molecule has 19 heavy (non-hydrogen) atoms. The number of fused-ring (bicyclic) bond motifs is 2. The van der Waals surface area contributed by atoms with Crippen molar-refractivity contribution in [3.63, 3.8) is 0 Å². The van der Waals surface area contributed by atoms with E-state index < -0.39 is 0 Å². The Labute approximate surface area is 128 Å². The van der Waals surface area contributed by atoms with Gasteiger partial charge < -0.3 is 10.0 Å². The van der Waals surface area contributed by atoms with Gasteiger partial charge in [0.15, 0.2) is 0 Å². The second kappa shape index (κ2) is 5.36. The van der Waals surface area contributed by atoms with Crippen molar-refractivity contribution in [1.82, 2.24) is 4.90 Å². The van der Waals surface area contributed by atoms with Crippen LogP contribution in [0.25, 0.3) is 0 Å². The number of phenolic OH excluding ortho intramolecular Hbond substituents is 1. The monoisotopic (exact) mass is 317 g/mol. The molecule has 0 unspecified atom stereocenters. The van der Waals surface area contributed by atoms with Crippen LogP contribution in [0.3, 0.4) is 0 Å². The Morgan fingerprint density at radius 2 is 1.79 bits per heavy atom. The lowest BCUT2D eigenvalue weighted by Gasteiger charge is -2.36. The molecule has 0 spiro atoms. The Balaban J connectivity index is 1.74. The molecule has 0 saturated carbocycles. The number of nitrogens with zero attached hydrogens (tertiary/aromatic N) is 1. The van der Waals surface area contributed by atoms with Gasteiger partial charge in [-0.15, -0.1) is 11.8 Å². The van der Waals surface area contributed by atoms with Crippen LogP contribution in [0.1, 0.15) is 25.7 Å². The van der Waals surface area contributed by atoms with Gasteiger partial charge in [-0.2, -0.15) is 0 Å². The summed E-state index contributed by atoms with van der Waals surface area (Å²) >= 11 is 14.0. The number of halogens is 2. The van der Waals surface area contributed by atoms with Gasteiger partial charge in [0.2, 0.25) is 0 Å². The van der Waals surface area contributed by atoms with Crippen LogP contribution in [0.4, 0.5) is 0 Å². The summed E-state index contributed by atoms with van der Waals surface area (Å²) in [6, 6.07) is 4.77. The van der Waals surface area contributed by atoms with E-state index in [2.05, 4.69) is 11.9 Å². The molecule has 3 atom stereocenters. The first-order valence-electron chi connectivity index (χ1n) is 6.61. The SMILES string of the molecule is CN1[C@@H]2CC[C@H]1C[C@H](Sc1cc(Cl)c(O)cc1Cl)C2. The van der Waals surface area contributed by atoms with E-state index in [1.807, 2.05) is 11.8 Å². The first-order valence-corrected chi connectivity index (χ1v) is 8.24. The lowest BCUT2D eigenvalue weighted by molar-refractivity contribution is 0.183. The highest BCUT2D eigenvalue weighted by molar-refractivity contribution is 8.00. The zero-order chi connectivity index (χ0) is 13.6. The molecule has 2 heterocycles. The molecule has 5 heteroatoms. The predicted octanol–water partition coefficient (Wildman–Crippen LogP) is 4.42. The molecule has 3 rings (SSSR count). The number of benzene rings is 1. The van der Waals surface area contributed by atoms with Gasteiger partial charge in [0.05, 0.1) is 10.0 Å². The maximum Gasteiger partial charge on any atom is 0.135 e. The standard InChI is InChI=1S/C14H17Cl2NOS/c1-17-8-2-3-9(17)5-10(4-8)19-14-7-11(15)13(18)6-12(14)16/h6-10,18H,2-5H2,1H3/t8-,9+,10-. The van der Waals surface area contributed by atoms with Crippen LogP contribution >= 0.6 is 35.0 Å². The molecule has 1 aromatic rings. The van der Waals surface area contributed by atoms with E-state index in [-0.39, 0.29) is 5.75 Å². The van der Waals surface area contributed by atoms with E-state index in [1.54, 1.807) is 6.07 Å². The minimum Gasteiger partial charge on any atom is -0.506 e. The molecule has 104 valence electrons. The van der Waals surface area contributed by atoms with Crippen molar-refractivity contribution in [3.05, 3.63) is 22.2 Å². The summed E-state index contributed by atoms with van der Waals surface area (Å²) in [5.74, 6) is 0.0551. The number of thioether (sulfide) groups is 1.